The molecule has 0 saturated carbocycles. The Bertz CT molecular complexity index is 574. The molecule has 0 fully saturated rings. The summed E-state index contributed by atoms with van der Waals surface area (Å²) in [5.41, 5.74) is 2.21. The third kappa shape index (κ3) is 4.24. The van der Waals surface area contributed by atoms with Crippen LogP contribution in [0.5, 0.6) is 0 Å². The number of methoxy groups -OCH3 is 2. The van der Waals surface area contributed by atoms with Gasteiger partial charge in [0.2, 0.25) is 0 Å². The Morgan fingerprint density at radius 1 is 1.24 bits per heavy atom. The van der Waals surface area contributed by atoms with Crippen molar-refractivity contribution in [3.05, 3.63) is 53.6 Å². The number of rotatable bonds is 7. The van der Waals surface area contributed by atoms with Gasteiger partial charge in [-0.15, -0.1) is 0 Å². The van der Waals surface area contributed by atoms with E-state index < -0.39 is 0 Å². The number of aliphatic imine (C=N–C) groups is 1. The van der Waals surface area contributed by atoms with Crippen molar-refractivity contribution in [2.45, 2.75) is 19.8 Å². The van der Waals surface area contributed by atoms with Gasteiger partial charge in [0.05, 0.1) is 18.4 Å². The summed E-state index contributed by atoms with van der Waals surface area (Å²) in [5, 5.41) is 0. The summed E-state index contributed by atoms with van der Waals surface area (Å²) in [6.45, 7) is 3.24. The van der Waals surface area contributed by atoms with Crippen molar-refractivity contribution < 1.29 is 9.47 Å². The number of ether oxygens (including phenoxy) is 2. The van der Waals surface area contributed by atoms with Crippen LogP contribution in [0.15, 0.2) is 41.5 Å². The largest absolute Gasteiger partial charge is 0.354 e. The number of nitrogens with zero attached hydrogens (tertiary/aromatic N) is 3. The lowest BCUT2D eigenvalue weighted by Gasteiger charge is -2.10. The molecule has 0 saturated heterocycles. The Balaban J connectivity index is 2.09. The van der Waals surface area contributed by atoms with E-state index in [1.807, 2.05) is 37.5 Å². The minimum atomic E-state index is -0.312. The molecular formula is C16H21N3O2. The third-order valence-corrected chi connectivity index (χ3v) is 3.27. The highest BCUT2D eigenvalue weighted by Gasteiger charge is 2.06. The van der Waals surface area contributed by atoms with E-state index in [9.17, 15) is 0 Å². The molecule has 5 heteroatoms. The van der Waals surface area contributed by atoms with Crippen LogP contribution in [-0.2, 0) is 16.0 Å². The van der Waals surface area contributed by atoms with Crippen molar-refractivity contribution in [1.82, 2.24) is 9.55 Å². The molecule has 0 unspecified atom stereocenters. The monoisotopic (exact) mass is 287 g/mol. The second-order valence-electron chi connectivity index (χ2n) is 4.70. The summed E-state index contributed by atoms with van der Waals surface area (Å²) >= 11 is 0. The average Bonchev–Trinajstić information content (AvgIpc) is 2.86. The number of imidazole rings is 1. The van der Waals surface area contributed by atoms with Gasteiger partial charge in [0.25, 0.3) is 0 Å². The van der Waals surface area contributed by atoms with E-state index in [0.717, 1.165) is 18.1 Å². The highest BCUT2D eigenvalue weighted by Crippen LogP contribution is 2.08. The van der Waals surface area contributed by atoms with Crippen molar-refractivity contribution in [1.29, 1.82) is 0 Å². The Kier molecular flexibility index (Phi) is 5.66. The van der Waals surface area contributed by atoms with Gasteiger partial charge < -0.3 is 14.0 Å². The molecule has 1 heterocycles. The maximum atomic E-state index is 5.11. The number of aryl methyl sites for hydroxylation is 1. The smallest absolute Gasteiger partial charge is 0.176 e. The number of benzene rings is 1. The standard InChI is InChI=1S/C16H21N3O2/c1-13-18-10-15(9-17-11-16(20-2)21-3)19(13)12-14-7-5-4-6-8-14/h4-10,16H,11-12H2,1-3H3. The first-order chi connectivity index (χ1) is 10.2. The summed E-state index contributed by atoms with van der Waals surface area (Å²) in [6, 6.07) is 10.3. The average molecular weight is 287 g/mol. The molecule has 0 atom stereocenters. The van der Waals surface area contributed by atoms with E-state index in [2.05, 4.69) is 26.7 Å². The Morgan fingerprint density at radius 2 is 1.95 bits per heavy atom. The lowest BCUT2D eigenvalue weighted by Crippen LogP contribution is -2.16. The Morgan fingerprint density at radius 3 is 2.62 bits per heavy atom. The molecule has 5 nitrogen and oxygen atoms in total. The molecule has 0 aliphatic rings. The first-order valence-electron chi connectivity index (χ1n) is 6.86. The van der Waals surface area contributed by atoms with Gasteiger partial charge in [-0.25, -0.2) is 4.98 Å². The summed E-state index contributed by atoms with van der Waals surface area (Å²) < 4.78 is 12.4. The van der Waals surface area contributed by atoms with Gasteiger partial charge in [-0.2, -0.15) is 0 Å². The molecule has 21 heavy (non-hydrogen) atoms. The zero-order valence-electron chi connectivity index (χ0n) is 12.7. The minimum absolute atomic E-state index is 0.312. The third-order valence-electron chi connectivity index (χ3n) is 3.27. The fourth-order valence-corrected chi connectivity index (χ4v) is 2.04. The van der Waals surface area contributed by atoms with Crippen molar-refractivity contribution >= 4 is 6.21 Å². The van der Waals surface area contributed by atoms with Crippen LogP contribution in [0.4, 0.5) is 0 Å². The highest BCUT2D eigenvalue weighted by molar-refractivity contribution is 5.77. The van der Waals surface area contributed by atoms with Crippen molar-refractivity contribution in [3.63, 3.8) is 0 Å². The molecule has 0 bridgehead atoms. The van der Waals surface area contributed by atoms with E-state index in [1.54, 1.807) is 14.2 Å². The van der Waals surface area contributed by atoms with Crippen LogP contribution in [0.25, 0.3) is 0 Å². The molecule has 1 aromatic heterocycles. The second-order valence-corrected chi connectivity index (χ2v) is 4.70. The van der Waals surface area contributed by atoms with Crippen LogP contribution in [-0.4, -0.2) is 42.8 Å². The lowest BCUT2D eigenvalue weighted by atomic mass is 10.2. The van der Waals surface area contributed by atoms with Crippen LogP contribution in [0, 0.1) is 6.92 Å². The Labute approximate surface area is 125 Å². The number of hydrogen-bond acceptors (Lipinski definition) is 4. The fourth-order valence-electron chi connectivity index (χ4n) is 2.04. The number of aromatic nitrogens is 2. The zero-order chi connectivity index (χ0) is 15.1. The van der Waals surface area contributed by atoms with Crippen molar-refractivity contribution in [3.8, 4) is 0 Å². The van der Waals surface area contributed by atoms with Crippen LogP contribution in [0.2, 0.25) is 0 Å². The fraction of sp³-hybridized carbons (Fsp3) is 0.375. The molecular weight excluding hydrogens is 266 g/mol. The maximum Gasteiger partial charge on any atom is 0.176 e. The maximum absolute atomic E-state index is 5.11. The molecule has 0 N–H and O–H groups in total. The lowest BCUT2D eigenvalue weighted by molar-refractivity contribution is -0.0936. The van der Waals surface area contributed by atoms with Crippen LogP contribution in [0.1, 0.15) is 17.1 Å². The minimum Gasteiger partial charge on any atom is -0.354 e. The van der Waals surface area contributed by atoms with E-state index >= 15 is 0 Å². The molecule has 0 spiro atoms. The molecule has 1 aromatic carbocycles. The first-order valence-corrected chi connectivity index (χ1v) is 6.86. The van der Waals surface area contributed by atoms with Gasteiger partial charge in [-0.05, 0) is 12.5 Å². The zero-order valence-corrected chi connectivity index (χ0v) is 12.7. The Hall–Kier alpha value is -1.98. The molecule has 0 amide bonds. The SMILES string of the molecule is COC(CN=Cc1cnc(C)n1Cc1ccccc1)OC. The quantitative estimate of drug-likeness (QED) is 0.580. The first kappa shape index (κ1) is 15.4. The normalized spacial score (nSPS) is 11.6. The summed E-state index contributed by atoms with van der Waals surface area (Å²) in [6.07, 6.45) is 3.33. The summed E-state index contributed by atoms with van der Waals surface area (Å²) in [7, 11) is 3.21. The summed E-state index contributed by atoms with van der Waals surface area (Å²) in [5.74, 6) is 0.968. The molecule has 2 aromatic rings. The molecule has 112 valence electrons. The topological polar surface area (TPSA) is 48.6 Å². The van der Waals surface area contributed by atoms with Crippen LogP contribution < -0.4 is 0 Å². The van der Waals surface area contributed by atoms with Crippen LogP contribution >= 0.6 is 0 Å². The van der Waals surface area contributed by atoms with E-state index in [-0.39, 0.29) is 6.29 Å². The van der Waals surface area contributed by atoms with Gasteiger partial charge >= 0.3 is 0 Å². The molecule has 2 rings (SSSR count). The molecule has 0 radical (unpaired) electrons. The van der Waals surface area contributed by atoms with Crippen molar-refractivity contribution in [2.75, 3.05) is 20.8 Å². The number of hydrogen-bond donors (Lipinski definition) is 0. The van der Waals surface area contributed by atoms with Gasteiger partial charge in [0.15, 0.2) is 6.29 Å². The van der Waals surface area contributed by atoms with E-state index in [1.165, 1.54) is 5.56 Å². The van der Waals surface area contributed by atoms with E-state index in [0.29, 0.717) is 6.54 Å². The highest BCUT2D eigenvalue weighted by atomic mass is 16.7. The van der Waals surface area contributed by atoms with Crippen LogP contribution in [0.3, 0.4) is 0 Å². The predicted octanol–water partition coefficient (Wildman–Crippen LogP) is 2.28. The van der Waals surface area contributed by atoms with Gasteiger partial charge in [0, 0.05) is 27.0 Å². The molecule has 0 aliphatic carbocycles. The van der Waals surface area contributed by atoms with E-state index in [4.69, 9.17) is 9.47 Å². The van der Waals surface area contributed by atoms with Gasteiger partial charge in [-0.3, -0.25) is 4.99 Å². The van der Waals surface area contributed by atoms with Crippen molar-refractivity contribution in [2.24, 2.45) is 4.99 Å². The second kappa shape index (κ2) is 7.71. The predicted molar refractivity (Wildman–Crippen MR) is 82.8 cm³/mol. The van der Waals surface area contributed by atoms with Gasteiger partial charge in [-0.1, -0.05) is 30.3 Å². The molecule has 0 aliphatic heterocycles. The summed E-state index contributed by atoms with van der Waals surface area (Å²) in [4.78, 5) is 8.72. The van der Waals surface area contributed by atoms with Gasteiger partial charge in [0.1, 0.15) is 5.82 Å².